The van der Waals surface area contributed by atoms with Crippen molar-refractivity contribution in [2.24, 2.45) is 0 Å². The van der Waals surface area contributed by atoms with Gasteiger partial charge in [-0.05, 0) is 37.0 Å². The molecular weight excluding hydrogens is 226 g/mol. The van der Waals surface area contributed by atoms with Crippen LogP contribution >= 0.6 is 0 Å². The maximum absolute atomic E-state index is 10.2. The van der Waals surface area contributed by atoms with E-state index in [9.17, 15) is 5.11 Å². The van der Waals surface area contributed by atoms with Crippen molar-refractivity contribution in [3.63, 3.8) is 0 Å². The first-order chi connectivity index (χ1) is 8.65. The lowest BCUT2D eigenvalue weighted by atomic mass is 9.89. The molecule has 3 heteroatoms. The highest BCUT2D eigenvalue weighted by Gasteiger charge is 2.30. The summed E-state index contributed by atoms with van der Waals surface area (Å²) < 4.78 is 5.24. The van der Waals surface area contributed by atoms with Gasteiger partial charge in [0, 0.05) is 19.6 Å². The molecule has 1 aliphatic rings. The fourth-order valence-electron chi connectivity index (χ4n) is 2.51. The summed E-state index contributed by atoms with van der Waals surface area (Å²) in [4.78, 5) is 2.40. The van der Waals surface area contributed by atoms with Crippen LogP contribution in [0.5, 0.6) is 5.75 Å². The van der Waals surface area contributed by atoms with Crippen LogP contribution in [0, 0.1) is 0 Å². The summed E-state index contributed by atoms with van der Waals surface area (Å²) >= 11 is 0. The van der Waals surface area contributed by atoms with Crippen LogP contribution in [-0.2, 0) is 6.54 Å². The molecule has 0 aromatic heterocycles. The smallest absolute Gasteiger partial charge is 0.119 e. The predicted octanol–water partition coefficient (Wildman–Crippen LogP) is 2.43. The van der Waals surface area contributed by atoms with Crippen LogP contribution in [0.3, 0.4) is 0 Å². The molecule has 1 aromatic rings. The number of piperidine rings is 1. The lowest BCUT2D eigenvalue weighted by molar-refractivity contribution is -0.0256. The summed E-state index contributed by atoms with van der Waals surface area (Å²) in [5.74, 6) is 0.912. The molecule has 0 amide bonds. The Hall–Kier alpha value is -1.06. The molecule has 1 aliphatic heterocycles. The molecule has 0 atom stereocenters. The first kappa shape index (κ1) is 13.4. The van der Waals surface area contributed by atoms with Gasteiger partial charge in [0.2, 0.25) is 0 Å². The van der Waals surface area contributed by atoms with Crippen LogP contribution < -0.4 is 4.74 Å². The number of nitrogens with zero attached hydrogens (tertiary/aromatic N) is 1. The van der Waals surface area contributed by atoms with E-state index >= 15 is 0 Å². The van der Waals surface area contributed by atoms with Crippen molar-refractivity contribution in [1.29, 1.82) is 0 Å². The Bertz CT molecular complexity index is 384. The number of rotatable bonds is 4. The number of methoxy groups -OCH3 is 1. The first-order valence-electron chi connectivity index (χ1n) is 6.73. The number of hydrogen-bond donors (Lipinski definition) is 1. The van der Waals surface area contributed by atoms with Crippen LogP contribution in [0.1, 0.15) is 31.7 Å². The second-order valence-electron chi connectivity index (χ2n) is 5.21. The molecule has 0 saturated carbocycles. The van der Waals surface area contributed by atoms with Gasteiger partial charge in [-0.25, -0.2) is 0 Å². The van der Waals surface area contributed by atoms with Gasteiger partial charge in [0.05, 0.1) is 12.7 Å². The third-order valence-electron chi connectivity index (χ3n) is 3.99. The average Bonchev–Trinajstić information content (AvgIpc) is 2.42. The van der Waals surface area contributed by atoms with Gasteiger partial charge in [-0.1, -0.05) is 19.1 Å². The van der Waals surface area contributed by atoms with E-state index < -0.39 is 5.60 Å². The molecule has 1 aromatic carbocycles. The second kappa shape index (κ2) is 5.72. The van der Waals surface area contributed by atoms with Gasteiger partial charge in [0.1, 0.15) is 5.75 Å². The molecule has 2 rings (SSSR count). The molecule has 0 radical (unpaired) electrons. The van der Waals surface area contributed by atoms with Crippen molar-refractivity contribution in [3.05, 3.63) is 29.8 Å². The van der Waals surface area contributed by atoms with E-state index in [2.05, 4.69) is 24.0 Å². The highest BCUT2D eigenvalue weighted by atomic mass is 16.5. The molecule has 18 heavy (non-hydrogen) atoms. The van der Waals surface area contributed by atoms with Crippen LogP contribution in [0.25, 0.3) is 0 Å². The SMILES string of the molecule is CCC1(O)CCN(Cc2cccc(OC)c2)CC1. The molecule has 100 valence electrons. The van der Waals surface area contributed by atoms with Crippen molar-refractivity contribution in [3.8, 4) is 5.75 Å². The third-order valence-corrected chi connectivity index (χ3v) is 3.99. The van der Waals surface area contributed by atoms with Crippen LogP contribution in [0.4, 0.5) is 0 Å². The minimum absolute atomic E-state index is 0.426. The van der Waals surface area contributed by atoms with Crippen molar-refractivity contribution in [1.82, 2.24) is 4.90 Å². The number of benzene rings is 1. The van der Waals surface area contributed by atoms with E-state index in [4.69, 9.17) is 4.74 Å². The Morgan fingerprint density at radius 1 is 1.33 bits per heavy atom. The number of hydrogen-bond acceptors (Lipinski definition) is 3. The standard InChI is InChI=1S/C15H23NO2/c1-3-15(17)7-9-16(10-8-15)12-13-5-4-6-14(11-13)18-2/h4-6,11,17H,3,7-10,12H2,1-2H3. The lowest BCUT2D eigenvalue weighted by Crippen LogP contribution is -2.43. The lowest BCUT2D eigenvalue weighted by Gasteiger charge is -2.37. The zero-order valence-corrected chi connectivity index (χ0v) is 11.4. The highest BCUT2D eigenvalue weighted by Crippen LogP contribution is 2.26. The van der Waals surface area contributed by atoms with E-state index in [1.54, 1.807) is 7.11 Å². The van der Waals surface area contributed by atoms with Crippen LogP contribution in [0.15, 0.2) is 24.3 Å². The molecule has 0 unspecified atom stereocenters. The van der Waals surface area contributed by atoms with E-state index in [-0.39, 0.29) is 0 Å². The van der Waals surface area contributed by atoms with Crippen LogP contribution in [-0.4, -0.2) is 35.8 Å². The Balaban J connectivity index is 1.91. The monoisotopic (exact) mass is 249 g/mol. The fourth-order valence-corrected chi connectivity index (χ4v) is 2.51. The molecule has 0 bridgehead atoms. The quantitative estimate of drug-likeness (QED) is 0.889. The van der Waals surface area contributed by atoms with Gasteiger partial charge in [-0.2, -0.15) is 0 Å². The third kappa shape index (κ3) is 3.24. The van der Waals surface area contributed by atoms with Crippen LogP contribution in [0.2, 0.25) is 0 Å². The second-order valence-corrected chi connectivity index (χ2v) is 5.21. The van der Waals surface area contributed by atoms with E-state index in [1.807, 2.05) is 12.1 Å². The number of aliphatic hydroxyl groups is 1. The number of ether oxygens (including phenoxy) is 1. The Labute approximate surface area is 109 Å². The maximum Gasteiger partial charge on any atom is 0.119 e. The summed E-state index contributed by atoms with van der Waals surface area (Å²) in [5, 5.41) is 10.2. The summed E-state index contributed by atoms with van der Waals surface area (Å²) in [6, 6.07) is 8.21. The minimum atomic E-state index is -0.426. The molecular formula is C15H23NO2. The van der Waals surface area contributed by atoms with Gasteiger partial charge < -0.3 is 9.84 Å². The highest BCUT2D eigenvalue weighted by molar-refractivity contribution is 5.28. The van der Waals surface area contributed by atoms with Crippen molar-refractivity contribution < 1.29 is 9.84 Å². The first-order valence-corrected chi connectivity index (χ1v) is 6.73. The van der Waals surface area contributed by atoms with Gasteiger partial charge in [-0.15, -0.1) is 0 Å². The molecule has 3 nitrogen and oxygen atoms in total. The molecule has 1 saturated heterocycles. The molecule has 0 aliphatic carbocycles. The van der Waals surface area contributed by atoms with E-state index in [1.165, 1.54) is 5.56 Å². The van der Waals surface area contributed by atoms with E-state index in [0.717, 1.165) is 44.6 Å². The largest absolute Gasteiger partial charge is 0.497 e. The topological polar surface area (TPSA) is 32.7 Å². The summed E-state index contributed by atoms with van der Waals surface area (Å²) in [5.41, 5.74) is 0.849. The predicted molar refractivity (Wildman–Crippen MR) is 72.7 cm³/mol. The fraction of sp³-hybridized carbons (Fsp3) is 0.600. The molecule has 1 N–H and O–H groups in total. The van der Waals surface area contributed by atoms with Crippen molar-refractivity contribution in [2.45, 2.75) is 38.3 Å². The zero-order valence-electron chi connectivity index (χ0n) is 11.4. The molecule has 0 spiro atoms. The van der Waals surface area contributed by atoms with Crippen molar-refractivity contribution >= 4 is 0 Å². The number of likely N-dealkylation sites (tertiary alicyclic amines) is 1. The van der Waals surface area contributed by atoms with Gasteiger partial charge in [-0.3, -0.25) is 4.90 Å². The van der Waals surface area contributed by atoms with E-state index in [0.29, 0.717) is 0 Å². The average molecular weight is 249 g/mol. The Morgan fingerprint density at radius 2 is 2.06 bits per heavy atom. The summed E-state index contributed by atoms with van der Waals surface area (Å²) in [6.07, 6.45) is 2.63. The Morgan fingerprint density at radius 3 is 2.67 bits per heavy atom. The normalized spacial score (nSPS) is 19.7. The minimum Gasteiger partial charge on any atom is -0.497 e. The molecule has 1 heterocycles. The molecule has 1 fully saturated rings. The summed E-state index contributed by atoms with van der Waals surface area (Å²) in [7, 11) is 1.70. The van der Waals surface area contributed by atoms with Gasteiger partial charge in [0.15, 0.2) is 0 Å². The zero-order chi connectivity index (χ0) is 13.0. The Kier molecular flexibility index (Phi) is 4.25. The van der Waals surface area contributed by atoms with Gasteiger partial charge in [0.25, 0.3) is 0 Å². The van der Waals surface area contributed by atoms with Crippen molar-refractivity contribution in [2.75, 3.05) is 20.2 Å². The maximum atomic E-state index is 10.2. The van der Waals surface area contributed by atoms with Gasteiger partial charge >= 0.3 is 0 Å². The summed E-state index contributed by atoms with van der Waals surface area (Å²) in [6.45, 7) is 4.96.